The Kier molecular flexibility index (Phi) is 4.70. The van der Waals surface area contributed by atoms with Crippen LogP contribution < -0.4 is 5.32 Å². The monoisotopic (exact) mass is 419 g/mol. The van der Waals surface area contributed by atoms with Crippen molar-refractivity contribution in [3.8, 4) is 12.3 Å². The predicted octanol–water partition coefficient (Wildman–Crippen LogP) is 2.52. The number of carbonyl (C=O) groups is 1. The van der Waals surface area contributed by atoms with E-state index in [1.54, 1.807) is 35.2 Å². The van der Waals surface area contributed by atoms with Crippen LogP contribution in [0, 0.1) is 12.3 Å². The largest absolute Gasteiger partial charge is 0.348 e. The number of carbonyl (C=O) groups excluding carboxylic acids is 1. The number of imidazole rings is 1. The van der Waals surface area contributed by atoms with Crippen LogP contribution >= 0.6 is 0 Å². The lowest BCUT2D eigenvalue weighted by Gasteiger charge is -2.24. The van der Waals surface area contributed by atoms with Gasteiger partial charge in [-0.3, -0.25) is 9.36 Å². The molecule has 9 nitrogen and oxygen atoms in total. The molecule has 1 N–H and O–H groups in total. The standard InChI is InChI=1S/C22H21N5O4/c1-4-8-14-16-17(31-22(2,3)30-16)21(29-14)27-12-25-15-18(23-11-24-19(15)27)26-20(28)13-9-6-5-7-10-13/h1,5-7,9-12,14,16-17,21H,8H2,2-3H3,(H,23,24,26,28)/t14-,16-,17-,21-/m1/s1. The van der Waals surface area contributed by atoms with E-state index in [0.29, 0.717) is 29.0 Å². The Labute approximate surface area is 178 Å². The zero-order valence-electron chi connectivity index (χ0n) is 17.1. The molecule has 2 aliphatic rings. The van der Waals surface area contributed by atoms with Crippen molar-refractivity contribution in [3.63, 3.8) is 0 Å². The zero-order chi connectivity index (χ0) is 21.6. The molecule has 0 unspecified atom stereocenters. The van der Waals surface area contributed by atoms with Crippen molar-refractivity contribution in [2.75, 3.05) is 5.32 Å². The van der Waals surface area contributed by atoms with Gasteiger partial charge in [-0.25, -0.2) is 15.0 Å². The van der Waals surface area contributed by atoms with E-state index in [1.165, 1.54) is 6.33 Å². The Morgan fingerprint density at radius 1 is 1.19 bits per heavy atom. The van der Waals surface area contributed by atoms with Crippen LogP contribution in [0.15, 0.2) is 43.0 Å². The molecule has 158 valence electrons. The third-order valence-electron chi connectivity index (χ3n) is 5.35. The summed E-state index contributed by atoms with van der Waals surface area (Å²) < 4.78 is 20.1. The topological polar surface area (TPSA) is 100 Å². The molecule has 0 bridgehead atoms. The van der Waals surface area contributed by atoms with E-state index in [-0.39, 0.29) is 24.2 Å². The van der Waals surface area contributed by atoms with Crippen LogP contribution in [0.4, 0.5) is 5.82 Å². The molecule has 31 heavy (non-hydrogen) atoms. The number of hydrogen-bond acceptors (Lipinski definition) is 7. The fraction of sp³-hybridized carbons (Fsp3) is 0.364. The van der Waals surface area contributed by atoms with Gasteiger partial charge in [-0.1, -0.05) is 18.2 Å². The summed E-state index contributed by atoms with van der Waals surface area (Å²) in [6.45, 7) is 3.72. The Morgan fingerprint density at radius 2 is 1.97 bits per heavy atom. The fourth-order valence-electron chi connectivity index (χ4n) is 4.06. The third-order valence-corrected chi connectivity index (χ3v) is 5.35. The van der Waals surface area contributed by atoms with E-state index in [4.69, 9.17) is 20.6 Å². The van der Waals surface area contributed by atoms with E-state index < -0.39 is 12.0 Å². The van der Waals surface area contributed by atoms with Crippen molar-refractivity contribution in [2.45, 2.75) is 50.6 Å². The lowest BCUT2D eigenvalue weighted by molar-refractivity contribution is -0.195. The molecular formula is C22H21N5O4. The van der Waals surface area contributed by atoms with Gasteiger partial charge in [0.25, 0.3) is 5.91 Å². The number of aromatic nitrogens is 4. The van der Waals surface area contributed by atoms with Crippen LogP contribution in [0.5, 0.6) is 0 Å². The summed E-state index contributed by atoms with van der Waals surface area (Å²) in [5.74, 6) is 1.93. The second-order valence-electron chi connectivity index (χ2n) is 7.90. The van der Waals surface area contributed by atoms with Gasteiger partial charge in [-0.2, -0.15) is 0 Å². The minimum absolute atomic E-state index is 0.282. The van der Waals surface area contributed by atoms with Gasteiger partial charge >= 0.3 is 0 Å². The molecule has 3 aromatic rings. The molecule has 2 aliphatic heterocycles. The number of rotatable bonds is 4. The summed E-state index contributed by atoms with van der Waals surface area (Å²) >= 11 is 0. The molecule has 2 saturated heterocycles. The maximum absolute atomic E-state index is 12.6. The highest BCUT2D eigenvalue weighted by Gasteiger charge is 2.55. The van der Waals surface area contributed by atoms with E-state index in [9.17, 15) is 4.79 Å². The van der Waals surface area contributed by atoms with E-state index in [2.05, 4.69) is 26.2 Å². The molecule has 4 heterocycles. The Hall–Kier alpha value is -3.32. The summed E-state index contributed by atoms with van der Waals surface area (Å²) in [6, 6.07) is 8.89. The van der Waals surface area contributed by atoms with Crippen molar-refractivity contribution < 1.29 is 19.0 Å². The SMILES string of the molecule is C#CC[C@H]1O[C@@H](n2cnc3c(NC(=O)c4ccccc4)ncnc32)[C@@H]2OC(C)(C)O[C@@H]21. The highest BCUT2D eigenvalue weighted by atomic mass is 16.8. The van der Waals surface area contributed by atoms with Gasteiger partial charge in [0, 0.05) is 12.0 Å². The molecule has 0 spiro atoms. The number of terminal acetylenes is 1. The summed E-state index contributed by atoms with van der Waals surface area (Å²) in [4.78, 5) is 25.6. The maximum atomic E-state index is 12.6. The average molecular weight is 419 g/mol. The quantitative estimate of drug-likeness (QED) is 0.649. The number of amides is 1. The molecule has 0 aliphatic carbocycles. The predicted molar refractivity (Wildman–Crippen MR) is 111 cm³/mol. The molecular weight excluding hydrogens is 398 g/mol. The van der Waals surface area contributed by atoms with E-state index in [0.717, 1.165) is 0 Å². The van der Waals surface area contributed by atoms with Gasteiger partial charge in [0.1, 0.15) is 24.6 Å². The minimum Gasteiger partial charge on any atom is -0.348 e. The first-order valence-corrected chi connectivity index (χ1v) is 9.95. The summed E-state index contributed by atoms with van der Waals surface area (Å²) in [6.07, 6.45) is 7.40. The summed E-state index contributed by atoms with van der Waals surface area (Å²) in [5.41, 5.74) is 1.48. The third kappa shape index (κ3) is 3.45. The van der Waals surface area contributed by atoms with Crippen molar-refractivity contribution in [2.24, 2.45) is 0 Å². The second kappa shape index (κ2) is 7.42. The van der Waals surface area contributed by atoms with E-state index in [1.807, 2.05) is 19.9 Å². The first-order valence-electron chi connectivity index (χ1n) is 9.95. The van der Waals surface area contributed by atoms with Gasteiger partial charge < -0.3 is 19.5 Å². The summed E-state index contributed by atoms with van der Waals surface area (Å²) in [7, 11) is 0. The second-order valence-corrected chi connectivity index (χ2v) is 7.90. The molecule has 2 fully saturated rings. The minimum atomic E-state index is -0.746. The Morgan fingerprint density at radius 3 is 2.74 bits per heavy atom. The van der Waals surface area contributed by atoms with Gasteiger partial charge in [-0.15, -0.1) is 12.3 Å². The molecule has 1 amide bonds. The van der Waals surface area contributed by atoms with Crippen LogP contribution in [0.3, 0.4) is 0 Å². The molecule has 4 atom stereocenters. The number of anilines is 1. The molecule has 5 rings (SSSR count). The lowest BCUT2D eigenvalue weighted by Crippen LogP contribution is -2.29. The number of hydrogen-bond donors (Lipinski definition) is 1. The van der Waals surface area contributed by atoms with Crippen molar-refractivity contribution in [3.05, 3.63) is 48.5 Å². The first kappa shape index (κ1) is 19.6. The van der Waals surface area contributed by atoms with Crippen molar-refractivity contribution >= 4 is 22.9 Å². The van der Waals surface area contributed by atoms with Gasteiger partial charge in [0.05, 0.1) is 6.33 Å². The first-order chi connectivity index (χ1) is 15.0. The van der Waals surface area contributed by atoms with Gasteiger partial charge in [0.15, 0.2) is 29.0 Å². The normalized spacial score (nSPS) is 26.5. The maximum Gasteiger partial charge on any atom is 0.256 e. The molecule has 2 aromatic heterocycles. The highest BCUT2D eigenvalue weighted by Crippen LogP contribution is 2.44. The number of benzene rings is 1. The highest BCUT2D eigenvalue weighted by molar-refractivity contribution is 6.06. The fourth-order valence-corrected chi connectivity index (χ4v) is 4.06. The van der Waals surface area contributed by atoms with Gasteiger partial charge in [0.2, 0.25) is 0 Å². The van der Waals surface area contributed by atoms with Crippen molar-refractivity contribution in [1.29, 1.82) is 0 Å². The lowest BCUT2D eigenvalue weighted by atomic mass is 10.1. The molecule has 1 aromatic carbocycles. The van der Waals surface area contributed by atoms with Crippen molar-refractivity contribution in [1.82, 2.24) is 19.5 Å². The number of nitrogens with one attached hydrogen (secondary N) is 1. The van der Waals surface area contributed by atoms with Crippen LogP contribution in [-0.2, 0) is 14.2 Å². The van der Waals surface area contributed by atoms with Gasteiger partial charge in [-0.05, 0) is 26.0 Å². The van der Waals surface area contributed by atoms with Crippen LogP contribution in [0.1, 0.15) is 36.9 Å². The number of ether oxygens (including phenoxy) is 3. The molecule has 0 radical (unpaired) electrons. The Bertz CT molecular complexity index is 1170. The molecule has 9 heteroatoms. The number of fused-ring (bicyclic) bond motifs is 2. The zero-order valence-corrected chi connectivity index (χ0v) is 17.1. The van der Waals surface area contributed by atoms with Crippen LogP contribution in [0.2, 0.25) is 0 Å². The summed E-state index contributed by atoms with van der Waals surface area (Å²) in [5, 5.41) is 2.80. The van der Waals surface area contributed by atoms with E-state index >= 15 is 0 Å². The molecule has 0 saturated carbocycles. The smallest absolute Gasteiger partial charge is 0.256 e. The van der Waals surface area contributed by atoms with Crippen LogP contribution in [0.25, 0.3) is 11.2 Å². The van der Waals surface area contributed by atoms with Crippen LogP contribution in [-0.4, -0.2) is 49.5 Å². The average Bonchev–Trinajstić information content (AvgIpc) is 3.41. The Balaban J connectivity index is 1.47. The number of nitrogens with zero attached hydrogens (tertiary/aromatic N) is 4.